The van der Waals surface area contributed by atoms with Crippen LogP contribution in [0.4, 0.5) is 0 Å². The molecule has 0 unspecified atom stereocenters. The first kappa shape index (κ1) is 9.48. The van der Waals surface area contributed by atoms with E-state index in [1.54, 1.807) is 0 Å². The van der Waals surface area contributed by atoms with E-state index in [1.807, 2.05) is 6.08 Å². The van der Waals surface area contributed by atoms with Crippen molar-refractivity contribution in [3.63, 3.8) is 0 Å². The summed E-state index contributed by atoms with van der Waals surface area (Å²) in [6, 6.07) is 0. The summed E-state index contributed by atoms with van der Waals surface area (Å²) in [6.45, 7) is 8.16. The maximum absolute atomic E-state index is 3.76. The van der Waals surface area contributed by atoms with Gasteiger partial charge in [-0.25, -0.2) is 0 Å². The van der Waals surface area contributed by atoms with Crippen molar-refractivity contribution in [2.45, 2.75) is 39.5 Å². The molecule has 0 radical (unpaired) electrons. The van der Waals surface area contributed by atoms with Crippen molar-refractivity contribution in [1.82, 2.24) is 0 Å². The van der Waals surface area contributed by atoms with E-state index in [4.69, 9.17) is 0 Å². The highest BCUT2D eigenvalue weighted by molar-refractivity contribution is 5.15. The van der Waals surface area contributed by atoms with Crippen molar-refractivity contribution >= 4 is 0 Å². The fourth-order valence-electron chi connectivity index (χ4n) is 0.906. The number of allylic oxidation sites excluding steroid dienone is 3. The Labute approximate surface area is 64.6 Å². The van der Waals surface area contributed by atoms with Crippen LogP contribution in [0.15, 0.2) is 24.3 Å². The molecule has 0 nitrogen and oxygen atoms in total. The molecule has 0 spiro atoms. The monoisotopic (exact) mass is 138 g/mol. The number of unbranched alkanes of at least 4 members (excludes halogenated alkanes) is 1. The quantitative estimate of drug-likeness (QED) is 0.508. The summed E-state index contributed by atoms with van der Waals surface area (Å²) in [5.41, 5.74) is 1.41. The van der Waals surface area contributed by atoms with E-state index in [0.29, 0.717) is 0 Å². The van der Waals surface area contributed by atoms with E-state index in [9.17, 15) is 0 Å². The first-order valence-electron chi connectivity index (χ1n) is 4.16. The van der Waals surface area contributed by atoms with Gasteiger partial charge in [0.05, 0.1) is 0 Å². The van der Waals surface area contributed by atoms with E-state index in [0.717, 1.165) is 0 Å². The Morgan fingerprint density at radius 1 is 1.30 bits per heavy atom. The number of hydrogen-bond acceptors (Lipinski definition) is 0. The maximum atomic E-state index is 3.76. The Bertz CT molecular complexity index is 109. The van der Waals surface area contributed by atoms with Crippen molar-refractivity contribution in [2.24, 2.45) is 0 Å². The van der Waals surface area contributed by atoms with Gasteiger partial charge in [-0.3, -0.25) is 0 Å². The molecule has 0 aromatic rings. The van der Waals surface area contributed by atoms with E-state index in [1.165, 1.54) is 31.3 Å². The van der Waals surface area contributed by atoms with Crippen LogP contribution in [-0.4, -0.2) is 0 Å². The Balaban J connectivity index is 3.66. The van der Waals surface area contributed by atoms with Gasteiger partial charge >= 0.3 is 0 Å². The lowest BCUT2D eigenvalue weighted by molar-refractivity contribution is 0.895. The van der Waals surface area contributed by atoms with Crippen molar-refractivity contribution in [2.75, 3.05) is 0 Å². The average Bonchev–Trinajstić information content (AvgIpc) is 1.98. The first-order chi connectivity index (χ1) is 4.85. The van der Waals surface area contributed by atoms with Crippen molar-refractivity contribution in [1.29, 1.82) is 0 Å². The zero-order valence-electron chi connectivity index (χ0n) is 7.19. The average molecular weight is 138 g/mol. The zero-order chi connectivity index (χ0) is 7.82. The molecule has 0 amide bonds. The molecule has 0 saturated heterocycles. The van der Waals surface area contributed by atoms with Crippen LogP contribution in [-0.2, 0) is 0 Å². The largest absolute Gasteiger partial charge is 0.0988 e. The van der Waals surface area contributed by atoms with Crippen molar-refractivity contribution < 1.29 is 0 Å². The van der Waals surface area contributed by atoms with Gasteiger partial charge in [-0.05, 0) is 12.8 Å². The predicted molar refractivity (Wildman–Crippen MR) is 48.1 cm³/mol. The summed E-state index contributed by atoms with van der Waals surface area (Å²) in [5.74, 6) is 0. The molecule has 58 valence electrons. The van der Waals surface area contributed by atoms with Crippen LogP contribution in [0.25, 0.3) is 0 Å². The Morgan fingerprint density at radius 2 is 2.00 bits per heavy atom. The molecule has 0 aliphatic rings. The lowest BCUT2D eigenvalue weighted by Gasteiger charge is -1.96. The smallest absolute Gasteiger partial charge is 0.0285 e. The van der Waals surface area contributed by atoms with Crippen LogP contribution in [0, 0.1) is 0 Å². The number of hydrogen-bond donors (Lipinski definition) is 0. The van der Waals surface area contributed by atoms with Gasteiger partial charge < -0.3 is 0 Å². The molecule has 10 heavy (non-hydrogen) atoms. The third kappa shape index (κ3) is 4.37. The van der Waals surface area contributed by atoms with Gasteiger partial charge in [-0.1, -0.05) is 51.0 Å². The first-order valence-corrected chi connectivity index (χ1v) is 4.16. The molecule has 0 N–H and O–H groups in total. The third-order valence-corrected chi connectivity index (χ3v) is 1.50. The second kappa shape index (κ2) is 6.60. The Morgan fingerprint density at radius 3 is 2.40 bits per heavy atom. The Hall–Kier alpha value is -0.520. The fraction of sp³-hybridized carbons (Fsp3) is 0.600. The second-order valence-corrected chi connectivity index (χ2v) is 2.52. The van der Waals surface area contributed by atoms with Gasteiger partial charge in [0.1, 0.15) is 0 Å². The van der Waals surface area contributed by atoms with Gasteiger partial charge in [0, 0.05) is 0 Å². The second-order valence-electron chi connectivity index (χ2n) is 2.52. The van der Waals surface area contributed by atoms with Gasteiger partial charge in [0.25, 0.3) is 0 Å². The summed E-state index contributed by atoms with van der Waals surface area (Å²) in [7, 11) is 0. The minimum Gasteiger partial charge on any atom is -0.0988 e. The molecule has 0 atom stereocenters. The standard InChI is InChI=1S/C10H18/c1-4-7-9-10(6-3)8-5-2/h6,9H,3-5,7-8H2,1-2H3/b10-9+. The lowest BCUT2D eigenvalue weighted by Crippen LogP contribution is -1.76. The Kier molecular flexibility index (Phi) is 6.25. The van der Waals surface area contributed by atoms with Crippen molar-refractivity contribution in [3.05, 3.63) is 24.3 Å². The molecular formula is C10H18. The lowest BCUT2D eigenvalue weighted by atomic mass is 10.1. The van der Waals surface area contributed by atoms with E-state index < -0.39 is 0 Å². The van der Waals surface area contributed by atoms with Crippen LogP contribution in [0.2, 0.25) is 0 Å². The van der Waals surface area contributed by atoms with E-state index in [2.05, 4.69) is 26.5 Å². The van der Waals surface area contributed by atoms with E-state index >= 15 is 0 Å². The molecule has 0 fully saturated rings. The normalized spacial score (nSPS) is 11.6. The van der Waals surface area contributed by atoms with E-state index in [-0.39, 0.29) is 0 Å². The molecular weight excluding hydrogens is 120 g/mol. The van der Waals surface area contributed by atoms with Crippen LogP contribution < -0.4 is 0 Å². The SMILES string of the molecule is C=C/C(=C\CCC)CCC. The highest BCUT2D eigenvalue weighted by Crippen LogP contribution is 2.07. The van der Waals surface area contributed by atoms with Gasteiger partial charge in [0.2, 0.25) is 0 Å². The maximum Gasteiger partial charge on any atom is -0.0285 e. The highest BCUT2D eigenvalue weighted by Gasteiger charge is 1.86. The summed E-state index contributed by atoms with van der Waals surface area (Å²) in [6.07, 6.45) is 9.10. The van der Waals surface area contributed by atoms with Gasteiger partial charge in [-0.2, -0.15) is 0 Å². The fourth-order valence-corrected chi connectivity index (χ4v) is 0.906. The molecule has 0 heteroatoms. The molecule has 0 saturated carbocycles. The van der Waals surface area contributed by atoms with Crippen LogP contribution in [0.3, 0.4) is 0 Å². The van der Waals surface area contributed by atoms with Crippen LogP contribution in [0.1, 0.15) is 39.5 Å². The third-order valence-electron chi connectivity index (χ3n) is 1.50. The summed E-state index contributed by atoms with van der Waals surface area (Å²) in [5, 5.41) is 0. The topological polar surface area (TPSA) is 0 Å². The van der Waals surface area contributed by atoms with Crippen molar-refractivity contribution in [3.8, 4) is 0 Å². The van der Waals surface area contributed by atoms with Crippen LogP contribution in [0.5, 0.6) is 0 Å². The summed E-state index contributed by atoms with van der Waals surface area (Å²) in [4.78, 5) is 0. The summed E-state index contributed by atoms with van der Waals surface area (Å²) >= 11 is 0. The van der Waals surface area contributed by atoms with Gasteiger partial charge in [-0.15, -0.1) is 0 Å². The predicted octanol–water partition coefficient (Wildman–Crippen LogP) is 3.70. The molecule has 0 aliphatic heterocycles. The molecule has 0 heterocycles. The summed E-state index contributed by atoms with van der Waals surface area (Å²) < 4.78 is 0. The minimum atomic E-state index is 1.18. The van der Waals surface area contributed by atoms with Gasteiger partial charge in [0.15, 0.2) is 0 Å². The molecule has 0 bridgehead atoms. The molecule has 0 aliphatic carbocycles. The molecule has 0 aromatic carbocycles. The van der Waals surface area contributed by atoms with Crippen LogP contribution >= 0.6 is 0 Å². The molecule has 0 aromatic heterocycles. The minimum absolute atomic E-state index is 1.18. The zero-order valence-corrected chi connectivity index (χ0v) is 7.19. The highest BCUT2D eigenvalue weighted by atomic mass is 13.9. The number of rotatable bonds is 5. The molecule has 0 rings (SSSR count).